The van der Waals surface area contributed by atoms with Crippen LogP contribution >= 0.6 is 0 Å². The van der Waals surface area contributed by atoms with Gasteiger partial charge in [-0.2, -0.15) is 0 Å². The van der Waals surface area contributed by atoms with Gasteiger partial charge in [0.05, 0.1) is 5.56 Å². The molecule has 0 radical (unpaired) electrons. The summed E-state index contributed by atoms with van der Waals surface area (Å²) in [5.74, 6) is -1.51. The molecule has 1 aromatic carbocycles. The van der Waals surface area contributed by atoms with Crippen molar-refractivity contribution in [2.24, 2.45) is 0 Å². The fraction of sp³-hybridized carbons (Fsp3) is 0.231. The van der Waals surface area contributed by atoms with Crippen LogP contribution in [0.4, 0.5) is 4.39 Å². The lowest BCUT2D eigenvalue weighted by atomic mass is 9.96. The molecule has 0 unspecified atom stereocenters. The third-order valence-electron chi connectivity index (χ3n) is 3.21. The second kappa shape index (κ2) is 4.03. The summed E-state index contributed by atoms with van der Waals surface area (Å²) in [5, 5.41) is 12.8. The van der Waals surface area contributed by atoms with E-state index in [2.05, 4.69) is 10.3 Å². The van der Waals surface area contributed by atoms with Crippen LogP contribution in [0.25, 0.3) is 10.9 Å². The predicted octanol–water partition coefficient (Wildman–Crippen LogP) is 1.72. The summed E-state index contributed by atoms with van der Waals surface area (Å²) in [4.78, 5) is 15.7. The molecule has 0 amide bonds. The molecule has 92 valence electrons. The van der Waals surface area contributed by atoms with E-state index in [-0.39, 0.29) is 11.1 Å². The zero-order valence-electron chi connectivity index (χ0n) is 9.53. The van der Waals surface area contributed by atoms with Crippen LogP contribution in [0, 0.1) is 5.82 Å². The van der Waals surface area contributed by atoms with Crippen molar-refractivity contribution in [3.8, 4) is 0 Å². The number of nitrogens with zero attached hydrogens (tertiary/aromatic N) is 1. The van der Waals surface area contributed by atoms with Crippen molar-refractivity contribution in [2.45, 2.75) is 13.0 Å². The summed E-state index contributed by atoms with van der Waals surface area (Å²) in [6.07, 6.45) is 0.625. The summed E-state index contributed by atoms with van der Waals surface area (Å²) < 4.78 is 13.7. The predicted molar refractivity (Wildman–Crippen MR) is 64.1 cm³/mol. The molecule has 1 aliphatic heterocycles. The van der Waals surface area contributed by atoms with E-state index < -0.39 is 11.8 Å². The molecule has 0 atom stereocenters. The van der Waals surface area contributed by atoms with Gasteiger partial charge in [0.2, 0.25) is 0 Å². The SMILES string of the molecule is O=C(O)c1c2c(nc3c(F)cccc13)CCNC2. The molecule has 0 saturated carbocycles. The van der Waals surface area contributed by atoms with Crippen LogP contribution in [-0.2, 0) is 13.0 Å². The van der Waals surface area contributed by atoms with E-state index >= 15 is 0 Å². The second-order valence-electron chi connectivity index (χ2n) is 4.28. The van der Waals surface area contributed by atoms with E-state index in [1.807, 2.05) is 0 Å². The van der Waals surface area contributed by atoms with Gasteiger partial charge in [0.1, 0.15) is 11.3 Å². The molecular weight excluding hydrogens is 235 g/mol. The molecule has 2 heterocycles. The van der Waals surface area contributed by atoms with Crippen LogP contribution in [0.3, 0.4) is 0 Å². The Bertz CT molecular complexity index is 655. The number of aromatic nitrogens is 1. The number of carbonyl (C=O) groups is 1. The second-order valence-corrected chi connectivity index (χ2v) is 4.28. The number of carboxylic acids is 1. The minimum Gasteiger partial charge on any atom is -0.478 e. The normalized spacial score (nSPS) is 14.5. The molecule has 1 aromatic heterocycles. The molecule has 4 nitrogen and oxygen atoms in total. The standard InChI is InChI=1S/C13H11FN2O2/c14-9-3-1-2-7-11(13(17)18)8-6-15-5-4-10(8)16-12(7)9/h1-3,15H,4-6H2,(H,17,18). The zero-order chi connectivity index (χ0) is 12.7. The Labute approximate surface area is 102 Å². The van der Waals surface area contributed by atoms with E-state index in [0.717, 1.165) is 6.54 Å². The lowest BCUT2D eigenvalue weighted by Crippen LogP contribution is -2.27. The molecule has 0 aliphatic carbocycles. The van der Waals surface area contributed by atoms with Crippen molar-refractivity contribution in [2.75, 3.05) is 6.54 Å². The highest BCUT2D eigenvalue weighted by Crippen LogP contribution is 2.27. The number of benzene rings is 1. The highest BCUT2D eigenvalue weighted by molar-refractivity contribution is 6.04. The number of carboxylic acid groups (broad SMARTS) is 1. The van der Waals surface area contributed by atoms with Gasteiger partial charge in [-0.1, -0.05) is 12.1 Å². The van der Waals surface area contributed by atoms with Crippen molar-refractivity contribution in [3.05, 3.63) is 40.8 Å². The first-order valence-corrected chi connectivity index (χ1v) is 5.72. The number of aromatic carboxylic acids is 1. The molecular formula is C13H11FN2O2. The lowest BCUT2D eigenvalue weighted by molar-refractivity contribution is 0.0697. The Morgan fingerprint density at radius 2 is 2.28 bits per heavy atom. The Hall–Kier alpha value is -2.01. The molecule has 2 aromatic rings. The van der Waals surface area contributed by atoms with Crippen molar-refractivity contribution in [1.82, 2.24) is 10.3 Å². The Morgan fingerprint density at radius 3 is 3.06 bits per heavy atom. The highest BCUT2D eigenvalue weighted by atomic mass is 19.1. The number of hydrogen-bond donors (Lipinski definition) is 2. The maximum Gasteiger partial charge on any atom is 0.336 e. The van der Waals surface area contributed by atoms with Crippen molar-refractivity contribution in [1.29, 1.82) is 0 Å². The van der Waals surface area contributed by atoms with E-state index in [9.17, 15) is 14.3 Å². The number of pyridine rings is 1. The van der Waals surface area contributed by atoms with Crippen LogP contribution in [0.5, 0.6) is 0 Å². The monoisotopic (exact) mass is 246 g/mol. The average Bonchev–Trinajstić information content (AvgIpc) is 2.36. The Balaban J connectivity index is 2.44. The molecule has 0 bridgehead atoms. The molecule has 0 spiro atoms. The molecule has 3 rings (SSSR count). The third kappa shape index (κ3) is 1.55. The van der Waals surface area contributed by atoms with Crippen LogP contribution in [0.15, 0.2) is 18.2 Å². The number of nitrogens with one attached hydrogen (secondary N) is 1. The minimum atomic E-state index is -1.03. The summed E-state index contributed by atoms with van der Waals surface area (Å²) in [6, 6.07) is 4.41. The van der Waals surface area contributed by atoms with Gasteiger partial charge in [-0.05, 0) is 6.07 Å². The first kappa shape index (κ1) is 11.1. The van der Waals surface area contributed by atoms with E-state index in [1.165, 1.54) is 12.1 Å². The first-order chi connectivity index (χ1) is 8.68. The van der Waals surface area contributed by atoms with Crippen molar-refractivity contribution >= 4 is 16.9 Å². The fourth-order valence-electron chi connectivity index (χ4n) is 2.40. The summed E-state index contributed by atoms with van der Waals surface area (Å²) in [5.41, 5.74) is 1.67. The quantitative estimate of drug-likeness (QED) is 0.804. The highest BCUT2D eigenvalue weighted by Gasteiger charge is 2.22. The number of rotatable bonds is 1. The van der Waals surface area contributed by atoms with Gasteiger partial charge in [-0.3, -0.25) is 0 Å². The van der Waals surface area contributed by atoms with Gasteiger partial charge in [0.25, 0.3) is 0 Å². The van der Waals surface area contributed by atoms with Gasteiger partial charge >= 0.3 is 5.97 Å². The van der Waals surface area contributed by atoms with Gasteiger partial charge in [0, 0.05) is 36.2 Å². The maximum absolute atomic E-state index is 13.7. The average molecular weight is 246 g/mol. The van der Waals surface area contributed by atoms with Gasteiger partial charge in [0.15, 0.2) is 0 Å². The fourth-order valence-corrected chi connectivity index (χ4v) is 2.40. The van der Waals surface area contributed by atoms with Crippen molar-refractivity contribution < 1.29 is 14.3 Å². The number of fused-ring (bicyclic) bond motifs is 2. The number of halogens is 1. The van der Waals surface area contributed by atoms with E-state index in [4.69, 9.17) is 0 Å². The van der Waals surface area contributed by atoms with Gasteiger partial charge in [-0.25, -0.2) is 14.2 Å². The Kier molecular flexibility index (Phi) is 2.48. The largest absolute Gasteiger partial charge is 0.478 e. The first-order valence-electron chi connectivity index (χ1n) is 5.72. The number of hydrogen-bond acceptors (Lipinski definition) is 3. The van der Waals surface area contributed by atoms with E-state index in [0.29, 0.717) is 29.6 Å². The Morgan fingerprint density at radius 1 is 1.44 bits per heavy atom. The lowest BCUT2D eigenvalue weighted by Gasteiger charge is -2.19. The van der Waals surface area contributed by atoms with E-state index in [1.54, 1.807) is 6.07 Å². The smallest absolute Gasteiger partial charge is 0.336 e. The molecule has 18 heavy (non-hydrogen) atoms. The summed E-state index contributed by atoms with van der Waals surface area (Å²) in [7, 11) is 0. The van der Waals surface area contributed by atoms with Gasteiger partial charge < -0.3 is 10.4 Å². The molecule has 0 saturated heterocycles. The van der Waals surface area contributed by atoms with Crippen LogP contribution < -0.4 is 5.32 Å². The third-order valence-corrected chi connectivity index (χ3v) is 3.21. The van der Waals surface area contributed by atoms with Crippen LogP contribution in [-0.4, -0.2) is 22.6 Å². The number of para-hydroxylation sites is 1. The molecule has 1 aliphatic rings. The van der Waals surface area contributed by atoms with Crippen LogP contribution in [0.2, 0.25) is 0 Å². The van der Waals surface area contributed by atoms with Crippen molar-refractivity contribution in [3.63, 3.8) is 0 Å². The summed E-state index contributed by atoms with van der Waals surface area (Å²) in [6.45, 7) is 1.20. The zero-order valence-corrected chi connectivity index (χ0v) is 9.53. The molecule has 5 heteroatoms. The van der Waals surface area contributed by atoms with Gasteiger partial charge in [-0.15, -0.1) is 0 Å². The van der Waals surface area contributed by atoms with Crippen LogP contribution in [0.1, 0.15) is 21.6 Å². The molecule has 0 fully saturated rings. The summed E-state index contributed by atoms with van der Waals surface area (Å²) >= 11 is 0. The topological polar surface area (TPSA) is 62.2 Å². The minimum absolute atomic E-state index is 0.149. The molecule has 2 N–H and O–H groups in total. The maximum atomic E-state index is 13.7.